The summed E-state index contributed by atoms with van der Waals surface area (Å²) in [6.07, 6.45) is 3.86. The Morgan fingerprint density at radius 1 is 1.16 bits per heavy atom. The SMILES string of the molecule is Cc1ccc2c3ccc[c-]c3c3nccn3c2c1.[Ir]. The van der Waals surface area contributed by atoms with Gasteiger partial charge in [0.15, 0.2) is 0 Å². The van der Waals surface area contributed by atoms with Crippen molar-refractivity contribution < 1.29 is 20.1 Å². The summed E-state index contributed by atoms with van der Waals surface area (Å²) in [5.74, 6) is 0. The van der Waals surface area contributed by atoms with Gasteiger partial charge in [0.2, 0.25) is 0 Å². The van der Waals surface area contributed by atoms with Crippen molar-refractivity contribution in [1.29, 1.82) is 0 Å². The van der Waals surface area contributed by atoms with E-state index >= 15 is 0 Å². The van der Waals surface area contributed by atoms with Crippen molar-refractivity contribution in [3.8, 4) is 0 Å². The van der Waals surface area contributed by atoms with Crippen LogP contribution in [0.3, 0.4) is 0 Å². The number of imidazole rings is 1. The number of hydrogen-bond donors (Lipinski definition) is 0. The average molecular weight is 423 g/mol. The van der Waals surface area contributed by atoms with E-state index in [2.05, 4.69) is 46.6 Å². The average Bonchev–Trinajstić information content (AvgIpc) is 2.88. The summed E-state index contributed by atoms with van der Waals surface area (Å²) in [6.45, 7) is 2.11. The van der Waals surface area contributed by atoms with Crippen molar-refractivity contribution in [2.75, 3.05) is 0 Å². The van der Waals surface area contributed by atoms with Gasteiger partial charge in [0, 0.05) is 38.0 Å². The van der Waals surface area contributed by atoms with E-state index in [-0.39, 0.29) is 20.1 Å². The van der Waals surface area contributed by atoms with E-state index in [1.165, 1.54) is 21.9 Å². The molecular weight excluding hydrogens is 412 g/mol. The van der Waals surface area contributed by atoms with Gasteiger partial charge in [-0.05, 0) is 23.9 Å². The molecule has 0 aliphatic rings. The molecule has 0 saturated heterocycles. The number of rotatable bonds is 0. The second kappa shape index (κ2) is 4.44. The largest absolute Gasteiger partial charge is 0.340 e. The first kappa shape index (κ1) is 12.3. The van der Waals surface area contributed by atoms with Crippen LogP contribution in [0.15, 0.2) is 48.8 Å². The second-order valence-electron chi connectivity index (χ2n) is 4.60. The van der Waals surface area contributed by atoms with Crippen molar-refractivity contribution in [2.24, 2.45) is 0 Å². The molecule has 0 unspecified atom stereocenters. The Bertz CT molecular complexity index is 893. The molecule has 0 bridgehead atoms. The minimum Gasteiger partial charge on any atom is -0.340 e. The molecule has 0 N–H and O–H groups in total. The van der Waals surface area contributed by atoms with E-state index in [1.54, 1.807) is 0 Å². The smallest absolute Gasteiger partial charge is 0.0608 e. The van der Waals surface area contributed by atoms with Gasteiger partial charge in [0.25, 0.3) is 0 Å². The molecule has 19 heavy (non-hydrogen) atoms. The van der Waals surface area contributed by atoms with Gasteiger partial charge in [0.05, 0.1) is 5.65 Å². The normalized spacial score (nSPS) is 11.0. The minimum atomic E-state index is 0. The molecule has 2 aromatic carbocycles. The summed E-state index contributed by atoms with van der Waals surface area (Å²) in [4.78, 5) is 4.46. The quantitative estimate of drug-likeness (QED) is 0.311. The van der Waals surface area contributed by atoms with E-state index in [0.717, 1.165) is 11.0 Å². The monoisotopic (exact) mass is 424 g/mol. The molecule has 3 heteroatoms. The summed E-state index contributed by atoms with van der Waals surface area (Å²) in [6, 6.07) is 15.9. The third-order valence-electron chi connectivity index (χ3n) is 3.42. The number of hydrogen-bond acceptors (Lipinski definition) is 1. The van der Waals surface area contributed by atoms with Crippen LogP contribution in [0.5, 0.6) is 0 Å². The molecule has 2 heterocycles. The Morgan fingerprint density at radius 3 is 2.95 bits per heavy atom. The Hall–Kier alpha value is -1.70. The van der Waals surface area contributed by atoms with Crippen molar-refractivity contribution in [2.45, 2.75) is 6.92 Å². The summed E-state index contributed by atoms with van der Waals surface area (Å²) in [7, 11) is 0. The summed E-state index contributed by atoms with van der Waals surface area (Å²) >= 11 is 0. The molecular formula is C16H11IrN2-. The van der Waals surface area contributed by atoms with Crippen LogP contribution in [-0.2, 0) is 20.1 Å². The van der Waals surface area contributed by atoms with Crippen LogP contribution in [0.2, 0.25) is 0 Å². The molecule has 0 aliphatic heterocycles. The second-order valence-corrected chi connectivity index (χ2v) is 4.60. The number of aryl methyl sites for hydroxylation is 1. The number of aromatic nitrogens is 2. The molecule has 2 aromatic heterocycles. The molecule has 0 spiro atoms. The zero-order valence-electron chi connectivity index (χ0n) is 10.3. The van der Waals surface area contributed by atoms with Gasteiger partial charge in [-0.25, -0.2) is 0 Å². The maximum atomic E-state index is 4.46. The molecule has 0 atom stereocenters. The molecule has 0 saturated carbocycles. The zero-order valence-corrected chi connectivity index (χ0v) is 12.7. The molecule has 1 radical (unpaired) electrons. The van der Waals surface area contributed by atoms with Crippen molar-refractivity contribution in [3.63, 3.8) is 0 Å². The van der Waals surface area contributed by atoms with Crippen LogP contribution in [0.25, 0.3) is 27.3 Å². The van der Waals surface area contributed by atoms with Crippen LogP contribution >= 0.6 is 0 Å². The van der Waals surface area contributed by atoms with Crippen LogP contribution in [0, 0.1) is 13.0 Å². The topological polar surface area (TPSA) is 17.3 Å². The van der Waals surface area contributed by atoms with Crippen molar-refractivity contribution >= 4 is 27.3 Å². The molecule has 4 rings (SSSR count). The molecule has 0 fully saturated rings. The van der Waals surface area contributed by atoms with E-state index < -0.39 is 0 Å². The van der Waals surface area contributed by atoms with E-state index in [9.17, 15) is 0 Å². The molecule has 4 aromatic rings. The standard InChI is InChI=1S/C16H11N2.Ir/c1-11-6-7-13-12-4-2-3-5-14(12)16-17-8-9-18(16)15(13)10-11;/h2-4,6-10H,1H3;/q-1;. The van der Waals surface area contributed by atoms with Crippen LogP contribution in [-0.4, -0.2) is 9.38 Å². The molecule has 0 aliphatic carbocycles. The Morgan fingerprint density at radius 2 is 2.05 bits per heavy atom. The van der Waals surface area contributed by atoms with E-state index in [4.69, 9.17) is 0 Å². The summed E-state index contributed by atoms with van der Waals surface area (Å²) < 4.78 is 2.14. The first-order chi connectivity index (χ1) is 8.84. The molecule has 95 valence electrons. The van der Waals surface area contributed by atoms with E-state index in [1.807, 2.05) is 24.5 Å². The minimum absolute atomic E-state index is 0. The summed E-state index contributed by atoms with van der Waals surface area (Å²) in [5.41, 5.74) is 3.44. The van der Waals surface area contributed by atoms with Gasteiger partial charge in [-0.3, -0.25) is 4.98 Å². The van der Waals surface area contributed by atoms with Gasteiger partial charge >= 0.3 is 0 Å². The van der Waals surface area contributed by atoms with Crippen LogP contribution in [0.1, 0.15) is 5.56 Å². The Kier molecular flexibility index (Phi) is 2.89. The van der Waals surface area contributed by atoms with Crippen LogP contribution in [0.4, 0.5) is 0 Å². The Balaban J connectivity index is 0.00000110. The fraction of sp³-hybridized carbons (Fsp3) is 0.0625. The zero-order chi connectivity index (χ0) is 12.1. The molecule has 0 amide bonds. The van der Waals surface area contributed by atoms with Gasteiger partial charge in [0.1, 0.15) is 0 Å². The fourth-order valence-corrected chi connectivity index (χ4v) is 2.60. The van der Waals surface area contributed by atoms with Crippen molar-refractivity contribution in [3.05, 3.63) is 60.4 Å². The number of nitrogens with zero attached hydrogens (tertiary/aromatic N) is 2. The van der Waals surface area contributed by atoms with Crippen molar-refractivity contribution in [1.82, 2.24) is 9.38 Å². The molecule has 2 nitrogen and oxygen atoms in total. The van der Waals surface area contributed by atoms with Crippen LogP contribution < -0.4 is 0 Å². The first-order valence-corrected chi connectivity index (χ1v) is 6.00. The number of benzene rings is 2. The van der Waals surface area contributed by atoms with Gasteiger partial charge < -0.3 is 4.40 Å². The first-order valence-electron chi connectivity index (χ1n) is 6.00. The number of pyridine rings is 1. The van der Waals surface area contributed by atoms with Gasteiger partial charge in [-0.15, -0.1) is 29.7 Å². The predicted molar refractivity (Wildman–Crippen MR) is 73.8 cm³/mol. The summed E-state index contributed by atoms with van der Waals surface area (Å²) in [5, 5.41) is 3.54. The maximum absolute atomic E-state index is 4.46. The van der Waals surface area contributed by atoms with Gasteiger partial charge in [-0.1, -0.05) is 17.5 Å². The maximum Gasteiger partial charge on any atom is 0.0608 e. The fourth-order valence-electron chi connectivity index (χ4n) is 2.60. The number of fused-ring (bicyclic) bond motifs is 6. The van der Waals surface area contributed by atoms with Gasteiger partial charge in [-0.2, -0.15) is 0 Å². The third-order valence-corrected chi connectivity index (χ3v) is 3.42. The predicted octanol–water partition coefficient (Wildman–Crippen LogP) is 3.75. The van der Waals surface area contributed by atoms with E-state index in [0.29, 0.717) is 0 Å². The Labute approximate surface area is 124 Å². The third kappa shape index (κ3) is 1.70.